The fraction of sp³-hybridized carbons (Fsp3) is 0.667. The molecule has 2 aromatic rings. The third kappa shape index (κ3) is 4.02. The molecule has 2 aromatic heterocycles. The summed E-state index contributed by atoms with van der Waals surface area (Å²) in [5.41, 5.74) is 1.30. The molecule has 4 aliphatic carbocycles. The summed E-state index contributed by atoms with van der Waals surface area (Å²) in [6, 6.07) is 5.77. The number of anilines is 1. The van der Waals surface area contributed by atoms with Gasteiger partial charge >= 0.3 is 0 Å². The van der Waals surface area contributed by atoms with E-state index < -0.39 is 0 Å². The van der Waals surface area contributed by atoms with Crippen LogP contribution in [0.3, 0.4) is 0 Å². The molecule has 0 spiro atoms. The lowest BCUT2D eigenvalue weighted by atomic mass is 9.49. The van der Waals surface area contributed by atoms with Gasteiger partial charge in [-0.05, 0) is 93.1 Å². The van der Waals surface area contributed by atoms with Gasteiger partial charge in [0, 0.05) is 26.3 Å². The van der Waals surface area contributed by atoms with Gasteiger partial charge in [0.2, 0.25) is 5.91 Å². The molecule has 7 rings (SSSR count). The zero-order chi connectivity index (χ0) is 23.3. The zero-order valence-corrected chi connectivity index (χ0v) is 20.2. The molecule has 3 heterocycles. The molecule has 0 aromatic carbocycles. The third-order valence-electron chi connectivity index (χ3n) is 8.93. The number of amides is 2. The summed E-state index contributed by atoms with van der Waals surface area (Å²) in [6.07, 6.45) is 13.3. The molecule has 0 radical (unpaired) electrons. The van der Waals surface area contributed by atoms with Gasteiger partial charge in [0.15, 0.2) is 0 Å². The lowest BCUT2D eigenvalue weighted by molar-refractivity contribution is -0.124. The maximum Gasteiger partial charge on any atom is 0.274 e. The fourth-order valence-electron chi connectivity index (χ4n) is 8.03. The van der Waals surface area contributed by atoms with E-state index in [0.29, 0.717) is 30.2 Å². The Morgan fingerprint density at radius 2 is 1.85 bits per heavy atom. The Morgan fingerprint density at radius 1 is 1.12 bits per heavy atom. The maximum atomic E-state index is 13.3. The van der Waals surface area contributed by atoms with Gasteiger partial charge in [-0.2, -0.15) is 0 Å². The number of nitrogens with zero attached hydrogens (tertiary/aromatic N) is 3. The second-order valence-electron chi connectivity index (χ2n) is 11.5. The van der Waals surface area contributed by atoms with Crippen LogP contribution in [0.15, 0.2) is 24.4 Å². The second-order valence-corrected chi connectivity index (χ2v) is 11.5. The molecule has 1 N–H and O–H groups in total. The van der Waals surface area contributed by atoms with E-state index in [0.717, 1.165) is 43.6 Å². The Bertz CT molecular complexity index is 1060. The summed E-state index contributed by atoms with van der Waals surface area (Å²) >= 11 is 0. The summed E-state index contributed by atoms with van der Waals surface area (Å²) < 4.78 is 7.20. The molecule has 1 aliphatic heterocycles. The van der Waals surface area contributed by atoms with Crippen LogP contribution in [0, 0.1) is 23.2 Å². The van der Waals surface area contributed by atoms with Crippen molar-refractivity contribution in [2.24, 2.45) is 23.2 Å². The average Bonchev–Trinajstić information content (AvgIpc) is 3.23. The fourth-order valence-corrected chi connectivity index (χ4v) is 8.03. The number of nitrogens with one attached hydrogen (secondary N) is 1. The number of fused-ring (bicyclic) bond motifs is 1. The van der Waals surface area contributed by atoms with Crippen molar-refractivity contribution in [2.45, 2.75) is 70.3 Å². The minimum atomic E-state index is -0.0590. The summed E-state index contributed by atoms with van der Waals surface area (Å²) in [5, 5.41) is 3.16. The van der Waals surface area contributed by atoms with Crippen molar-refractivity contribution in [1.82, 2.24) is 14.3 Å². The third-order valence-corrected chi connectivity index (χ3v) is 8.93. The molecule has 5 aliphatic rings. The number of carbonyl (C=O) groups is 2. The monoisotopic (exact) mass is 464 g/mol. The van der Waals surface area contributed by atoms with Crippen LogP contribution in [0.4, 0.5) is 5.82 Å². The van der Waals surface area contributed by atoms with Gasteiger partial charge < -0.3 is 15.0 Å². The lowest BCUT2D eigenvalue weighted by Gasteiger charge is -2.56. The van der Waals surface area contributed by atoms with Crippen molar-refractivity contribution < 1.29 is 14.3 Å². The van der Waals surface area contributed by atoms with Crippen molar-refractivity contribution in [3.05, 3.63) is 30.1 Å². The van der Waals surface area contributed by atoms with Crippen LogP contribution in [0.2, 0.25) is 0 Å². The number of piperidine rings is 1. The highest BCUT2D eigenvalue weighted by Crippen LogP contribution is 2.61. The summed E-state index contributed by atoms with van der Waals surface area (Å²) in [6.45, 7) is 1.28. The molecule has 1 unspecified atom stereocenters. The Morgan fingerprint density at radius 3 is 2.56 bits per heavy atom. The predicted octanol–water partition coefficient (Wildman–Crippen LogP) is 4.52. The number of imidazole rings is 1. The minimum absolute atomic E-state index is 0.0590. The lowest BCUT2D eigenvalue weighted by Crippen LogP contribution is -2.47. The molecule has 1 saturated heterocycles. The first-order chi connectivity index (χ1) is 16.5. The summed E-state index contributed by atoms with van der Waals surface area (Å²) in [4.78, 5) is 33.0. The molecule has 4 saturated carbocycles. The molecule has 4 bridgehead atoms. The van der Waals surface area contributed by atoms with Gasteiger partial charge in [-0.1, -0.05) is 6.07 Å². The molecule has 2 amide bonds. The van der Waals surface area contributed by atoms with E-state index in [9.17, 15) is 9.59 Å². The number of likely N-dealkylation sites (tertiary alicyclic amines) is 1. The Hall–Kier alpha value is -2.41. The first kappa shape index (κ1) is 22.1. The van der Waals surface area contributed by atoms with Crippen LogP contribution in [-0.4, -0.2) is 52.4 Å². The van der Waals surface area contributed by atoms with Gasteiger partial charge in [-0.15, -0.1) is 0 Å². The van der Waals surface area contributed by atoms with Crippen molar-refractivity contribution in [3.63, 3.8) is 0 Å². The average molecular weight is 465 g/mol. The van der Waals surface area contributed by atoms with E-state index >= 15 is 0 Å². The quantitative estimate of drug-likeness (QED) is 0.682. The molecule has 34 heavy (non-hydrogen) atoms. The van der Waals surface area contributed by atoms with Gasteiger partial charge in [0.25, 0.3) is 5.91 Å². The van der Waals surface area contributed by atoms with E-state index in [1.807, 2.05) is 27.5 Å². The normalized spacial score (nSPS) is 32.3. The van der Waals surface area contributed by atoms with Gasteiger partial charge in [0.1, 0.15) is 17.2 Å². The van der Waals surface area contributed by atoms with Crippen LogP contribution in [0.1, 0.15) is 74.7 Å². The highest BCUT2D eigenvalue weighted by Gasteiger charge is 2.51. The van der Waals surface area contributed by atoms with Crippen molar-refractivity contribution in [2.75, 3.05) is 25.6 Å². The number of methoxy groups -OCH3 is 1. The van der Waals surface area contributed by atoms with Crippen LogP contribution in [0.5, 0.6) is 0 Å². The van der Waals surface area contributed by atoms with E-state index in [4.69, 9.17) is 4.74 Å². The second kappa shape index (κ2) is 8.67. The largest absolute Gasteiger partial charge is 0.383 e. The number of carbonyl (C=O) groups excluding carboxylic acids is 2. The number of aromatic nitrogens is 2. The number of ether oxygens (including phenoxy) is 1. The highest BCUT2D eigenvalue weighted by molar-refractivity contribution is 5.94. The Labute approximate surface area is 201 Å². The first-order valence-corrected chi connectivity index (χ1v) is 13.1. The van der Waals surface area contributed by atoms with E-state index in [2.05, 4.69) is 10.3 Å². The maximum absolute atomic E-state index is 13.3. The standard InChI is InChI=1S/C27H36N4O3/c1-34-17-21-5-2-3-8-30(21)26(33)22-16-31-23(28-22)6-4-7-24(31)29-25(32)15-27-12-18-9-19(13-27)11-20(10-18)14-27/h4,6-7,16,18-21H,2-3,5,8-15,17H2,1H3,(H,29,32). The minimum Gasteiger partial charge on any atom is -0.383 e. The first-order valence-electron chi connectivity index (χ1n) is 13.1. The van der Waals surface area contributed by atoms with Crippen molar-refractivity contribution >= 4 is 23.3 Å². The Kier molecular flexibility index (Phi) is 5.63. The summed E-state index contributed by atoms with van der Waals surface area (Å²) in [5.74, 6) is 3.22. The Balaban J connectivity index is 1.19. The highest BCUT2D eigenvalue weighted by atomic mass is 16.5. The molecule has 182 valence electrons. The van der Waals surface area contributed by atoms with Crippen LogP contribution >= 0.6 is 0 Å². The SMILES string of the molecule is COCC1CCCCN1C(=O)c1cn2c(NC(=O)CC34CC5CC(CC(C5)C3)C4)cccc2n1. The molecular weight excluding hydrogens is 428 g/mol. The van der Waals surface area contributed by atoms with Gasteiger partial charge in [-0.25, -0.2) is 4.98 Å². The smallest absolute Gasteiger partial charge is 0.274 e. The molecule has 7 heteroatoms. The summed E-state index contributed by atoms with van der Waals surface area (Å²) in [7, 11) is 1.68. The van der Waals surface area contributed by atoms with Crippen LogP contribution in [-0.2, 0) is 9.53 Å². The van der Waals surface area contributed by atoms with E-state index in [1.54, 1.807) is 13.3 Å². The number of rotatable bonds is 6. The van der Waals surface area contributed by atoms with Crippen LogP contribution in [0.25, 0.3) is 5.65 Å². The molecule has 5 fully saturated rings. The van der Waals surface area contributed by atoms with Crippen molar-refractivity contribution in [3.8, 4) is 0 Å². The molecule has 7 nitrogen and oxygen atoms in total. The number of hydrogen-bond acceptors (Lipinski definition) is 4. The number of hydrogen-bond donors (Lipinski definition) is 1. The van der Waals surface area contributed by atoms with E-state index in [1.165, 1.54) is 38.5 Å². The molecular formula is C27H36N4O3. The topological polar surface area (TPSA) is 75.9 Å². The van der Waals surface area contributed by atoms with Crippen LogP contribution < -0.4 is 5.32 Å². The van der Waals surface area contributed by atoms with Gasteiger partial charge in [-0.3, -0.25) is 14.0 Å². The van der Waals surface area contributed by atoms with E-state index in [-0.39, 0.29) is 23.3 Å². The molecule has 1 atom stereocenters. The zero-order valence-electron chi connectivity index (χ0n) is 20.2. The number of pyridine rings is 1. The van der Waals surface area contributed by atoms with Gasteiger partial charge in [0.05, 0.1) is 12.6 Å². The van der Waals surface area contributed by atoms with Crippen molar-refractivity contribution in [1.29, 1.82) is 0 Å². The predicted molar refractivity (Wildman–Crippen MR) is 130 cm³/mol.